The summed E-state index contributed by atoms with van der Waals surface area (Å²) in [6, 6.07) is 16.4. The predicted octanol–water partition coefficient (Wildman–Crippen LogP) is 4.46. The van der Waals surface area contributed by atoms with Gasteiger partial charge >= 0.3 is 0 Å². The fraction of sp³-hybridized carbons (Fsp3) is 0.310. The van der Waals surface area contributed by atoms with Crippen molar-refractivity contribution < 1.29 is 0 Å². The first kappa shape index (κ1) is 23.4. The molecular formula is C29H31N7O. The number of piperidine rings is 1. The van der Waals surface area contributed by atoms with Gasteiger partial charge in [-0.2, -0.15) is 5.10 Å². The smallest absolute Gasteiger partial charge is 0.293 e. The molecule has 2 N–H and O–H groups in total. The van der Waals surface area contributed by atoms with Gasteiger partial charge in [0.1, 0.15) is 11.0 Å². The second-order valence-electron chi connectivity index (χ2n) is 9.79. The van der Waals surface area contributed by atoms with Gasteiger partial charge in [-0.15, -0.1) is 0 Å². The van der Waals surface area contributed by atoms with Gasteiger partial charge in [0.05, 0.1) is 23.4 Å². The van der Waals surface area contributed by atoms with E-state index in [4.69, 9.17) is 20.8 Å². The molecule has 1 atom stereocenters. The maximum atomic E-state index is 14.0. The maximum Gasteiger partial charge on any atom is 0.293 e. The van der Waals surface area contributed by atoms with Crippen LogP contribution in [-0.2, 0) is 6.54 Å². The summed E-state index contributed by atoms with van der Waals surface area (Å²) in [6.45, 7) is 5.85. The standard InChI is InChI=1S/C29H31N7O/c1-3-4-16-35-27-26(32-29(35)34-15-9-10-20(30)17-34)19(2)33-36(28(27)37)18-25-23-13-6-5-11-21(23)22-12-7-8-14-24(22)31-25/h4-8,11-14,16,20H,3,9-10,15,17-18,30H2,1-2H3/b16-4+. The van der Waals surface area contributed by atoms with Crippen molar-refractivity contribution in [1.82, 2.24) is 24.3 Å². The molecule has 0 amide bonds. The molecule has 5 aromatic rings. The average molecular weight is 494 g/mol. The molecule has 0 bridgehead atoms. The zero-order valence-electron chi connectivity index (χ0n) is 21.3. The van der Waals surface area contributed by atoms with E-state index in [1.807, 2.05) is 54.1 Å². The fourth-order valence-corrected chi connectivity index (χ4v) is 5.38. The minimum atomic E-state index is -0.180. The molecule has 2 aromatic carbocycles. The van der Waals surface area contributed by atoms with E-state index < -0.39 is 0 Å². The van der Waals surface area contributed by atoms with E-state index in [0.717, 1.165) is 65.7 Å². The summed E-state index contributed by atoms with van der Waals surface area (Å²) in [4.78, 5) is 26.0. The van der Waals surface area contributed by atoms with Crippen LogP contribution in [0.2, 0.25) is 0 Å². The Hall–Kier alpha value is -4.04. The number of aryl methyl sites for hydroxylation is 1. The lowest BCUT2D eigenvalue weighted by Gasteiger charge is -2.31. The van der Waals surface area contributed by atoms with Crippen LogP contribution in [0.25, 0.3) is 38.9 Å². The molecule has 37 heavy (non-hydrogen) atoms. The Morgan fingerprint density at radius 2 is 1.81 bits per heavy atom. The van der Waals surface area contributed by atoms with Crippen LogP contribution in [0.1, 0.15) is 37.6 Å². The highest BCUT2D eigenvalue weighted by Crippen LogP contribution is 2.28. The summed E-state index contributed by atoms with van der Waals surface area (Å²) in [5.74, 6) is 0.754. The van der Waals surface area contributed by atoms with Gasteiger partial charge in [0.25, 0.3) is 5.56 Å². The summed E-state index contributed by atoms with van der Waals surface area (Å²) in [6.07, 6.45) is 6.86. The molecule has 4 heterocycles. The predicted molar refractivity (Wildman–Crippen MR) is 150 cm³/mol. The van der Waals surface area contributed by atoms with Gasteiger partial charge < -0.3 is 10.6 Å². The molecule has 1 unspecified atom stereocenters. The van der Waals surface area contributed by atoms with Crippen molar-refractivity contribution >= 4 is 44.9 Å². The Bertz CT molecular complexity index is 1720. The van der Waals surface area contributed by atoms with Crippen molar-refractivity contribution in [3.63, 3.8) is 0 Å². The van der Waals surface area contributed by atoms with Gasteiger partial charge in [-0.3, -0.25) is 14.3 Å². The molecule has 8 nitrogen and oxygen atoms in total. The summed E-state index contributed by atoms with van der Waals surface area (Å²) < 4.78 is 3.46. The van der Waals surface area contributed by atoms with Crippen molar-refractivity contribution in [3.05, 3.63) is 76.3 Å². The normalized spacial score (nSPS) is 16.5. The minimum absolute atomic E-state index is 0.0975. The van der Waals surface area contributed by atoms with Gasteiger partial charge in [-0.1, -0.05) is 55.5 Å². The van der Waals surface area contributed by atoms with Crippen molar-refractivity contribution in [3.8, 4) is 0 Å². The monoisotopic (exact) mass is 493 g/mol. The van der Waals surface area contributed by atoms with Crippen molar-refractivity contribution in [2.75, 3.05) is 18.0 Å². The molecule has 0 radical (unpaired) electrons. The molecule has 188 valence electrons. The number of hydrogen-bond donors (Lipinski definition) is 1. The lowest BCUT2D eigenvalue weighted by atomic mass is 10.0. The van der Waals surface area contributed by atoms with Crippen LogP contribution in [0.4, 0.5) is 5.95 Å². The maximum absolute atomic E-state index is 14.0. The number of aromatic nitrogens is 5. The molecule has 1 saturated heterocycles. The number of fused-ring (bicyclic) bond motifs is 4. The number of para-hydroxylation sites is 1. The van der Waals surface area contributed by atoms with Crippen LogP contribution < -0.4 is 16.2 Å². The first-order valence-corrected chi connectivity index (χ1v) is 13.0. The van der Waals surface area contributed by atoms with Gasteiger partial charge in [-0.05, 0) is 37.6 Å². The van der Waals surface area contributed by atoms with Crippen molar-refractivity contribution in [1.29, 1.82) is 0 Å². The molecule has 1 fully saturated rings. The fourth-order valence-electron chi connectivity index (χ4n) is 5.38. The van der Waals surface area contributed by atoms with E-state index >= 15 is 0 Å². The molecule has 6 rings (SSSR count). The molecule has 8 heteroatoms. The average Bonchev–Trinajstić information content (AvgIpc) is 3.31. The number of nitrogens with zero attached hydrogens (tertiary/aromatic N) is 6. The van der Waals surface area contributed by atoms with Crippen LogP contribution in [-0.4, -0.2) is 43.4 Å². The lowest BCUT2D eigenvalue weighted by molar-refractivity contribution is 0.499. The Balaban J connectivity index is 1.53. The number of pyridine rings is 1. The molecule has 0 saturated carbocycles. The lowest BCUT2D eigenvalue weighted by Crippen LogP contribution is -2.43. The van der Waals surface area contributed by atoms with Crippen LogP contribution >= 0.6 is 0 Å². The topological polar surface area (TPSA) is 94.9 Å². The SMILES string of the molecule is CC/C=C/n1c(N2CCCC(N)C2)nc2c(C)nn(Cc3nc4ccccc4c4ccccc34)c(=O)c21. The highest BCUT2D eigenvalue weighted by Gasteiger charge is 2.25. The van der Waals surface area contributed by atoms with Crippen molar-refractivity contribution in [2.45, 2.75) is 45.7 Å². The molecule has 3 aromatic heterocycles. The minimum Gasteiger partial charge on any atom is -0.340 e. The first-order valence-electron chi connectivity index (χ1n) is 13.0. The third-order valence-corrected chi connectivity index (χ3v) is 7.16. The third kappa shape index (κ3) is 4.07. The third-order valence-electron chi connectivity index (χ3n) is 7.16. The van der Waals surface area contributed by atoms with Gasteiger partial charge in [0.2, 0.25) is 5.95 Å². The quantitative estimate of drug-likeness (QED) is 0.363. The summed E-state index contributed by atoms with van der Waals surface area (Å²) in [5, 5.41) is 7.94. The number of anilines is 1. The summed E-state index contributed by atoms with van der Waals surface area (Å²) >= 11 is 0. The van der Waals surface area contributed by atoms with E-state index in [1.54, 1.807) is 0 Å². The Morgan fingerprint density at radius 1 is 1.05 bits per heavy atom. The van der Waals surface area contributed by atoms with Gasteiger partial charge in [-0.25, -0.2) is 9.67 Å². The number of hydrogen-bond acceptors (Lipinski definition) is 6. The number of nitrogens with two attached hydrogens (primary N) is 1. The number of rotatable bonds is 5. The molecule has 0 spiro atoms. The Kier molecular flexibility index (Phi) is 5.96. The van der Waals surface area contributed by atoms with E-state index in [2.05, 4.69) is 30.0 Å². The zero-order chi connectivity index (χ0) is 25.5. The number of imidazole rings is 1. The number of allylic oxidation sites excluding steroid dienone is 1. The van der Waals surface area contributed by atoms with Gasteiger partial charge in [0, 0.05) is 36.1 Å². The zero-order valence-corrected chi connectivity index (χ0v) is 21.3. The summed E-state index contributed by atoms with van der Waals surface area (Å²) in [7, 11) is 0. The molecule has 0 aliphatic carbocycles. The Morgan fingerprint density at radius 3 is 2.59 bits per heavy atom. The first-order chi connectivity index (χ1) is 18.0. The van der Waals surface area contributed by atoms with Crippen LogP contribution in [0, 0.1) is 6.92 Å². The van der Waals surface area contributed by atoms with Crippen LogP contribution in [0.15, 0.2) is 59.4 Å². The van der Waals surface area contributed by atoms with E-state index in [0.29, 0.717) is 16.7 Å². The van der Waals surface area contributed by atoms with Crippen LogP contribution in [0.3, 0.4) is 0 Å². The van der Waals surface area contributed by atoms with Crippen molar-refractivity contribution in [2.24, 2.45) is 5.73 Å². The van der Waals surface area contributed by atoms with E-state index in [-0.39, 0.29) is 18.1 Å². The molecule has 1 aliphatic rings. The van der Waals surface area contributed by atoms with Crippen LogP contribution in [0.5, 0.6) is 0 Å². The van der Waals surface area contributed by atoms with E-state index in [9.17, 15) is 4.79 Å². The van der Waals surface area contributed by atoms with E-state index in [1.165, 1.54) is 4.68 Å². The number of benzene rings is 2. The molecule has 1 aliphatic heterocycles. The second kappa shape index (κ2) is 9.44. The highest BCUT2D eigenvalue weighted by atomic mass is 16.1. The highest BCUT2D eigenvalue weighted by molar-refractivity contribution is 6.06. The van der Waals surface area contributed by atoms with Gasteiger partial charge in [0.15, 0.2) is 0 Å². The largest absolute Gasteiger partial charge is 0.340 e. The summed E-state index contributed by atoms with van der Waals surface area (Å²) in [5.41, 5.74) is 9.71. The Labute approximate surface area is 215 Å². The molecular weight excluding hydrogens is 462 g/mol. The second-order valence-corrected chi connectivity index (χ2v) is 9.79.